The Morgan fingerprint density at radius 1 is 1.07 bits per heavy atom. The molecule has 0 aliphatic heterocycles. The van der Waals surface area contributed by atoms with E-state index < -0.39 is 0 Å². The molecule has 164 valence electrons. The number of hydrogen-bond acceptors (Lipinski definition) is 5. The maximum atomic E-state index is 13.8. The first-order chi connectivity index (χ1) is 13.2. The van der Waals surface area contributed by atoms with Crippen molar-refractivity contribution in [3.05, 3.63) is 57.8 Å². The predicted molar refractivity (Wildman–Crippen MR) is 122 cm³/mol. The van der Waals surface area contributed by atoms with E-state index in [1.54, 1.807) is 25.3 Å². The fourth-order valence-corrected chi connectivity index (χ4v) is 3.16. The second-order valence-corrected chi connectivity index (χ2v) is 6.85. The Bertz CT molecular complexity index is 726. The van der Waals surface area contributed by atoms with Crippen molar-refractivity contribution in [1.29, 1.82) is 0 Å². The van der Waals surface area contributed by atoms with E-state index in [0.29, 0.717) is 30.2 Å². The Hall–Kier alpha value is -1.09. The predicted octanol–water partition coefficient (Wildman–Crippen LogP) is 4.08. The maximum absolute atomic E-state index is 13.8. The first kappa shape index (κ1) is 27.9. The largest absolute Gasteiger partial charge is 0.493 e. The van der Waals surface area contributed by atoms with Gasteiger partial charge in [-0.1, -0.05) is 18.2 Å². The molecule has 0 bridgehead atoms. The van der Waals surface area contributed by atoms with Crippen LogP contribution in [0.15, 0.2) is 40.9 Å². The van der Waals surface area contributed by atoms with Crippen LogP contribution in [0.25, 0.3) is 0 Å². The topological polar surface area (TPSA) is 62.8 Å². The molecule has 0 saturated heterocycles. The molecule has 0 fully saturated rings. The summed E-state index contributed by atoms with van der Waals surface area (Å²) in [6.45, 7) is 3.33. The van der Waals surface area contributed by atoms with Crippen molar-refractivity contribution in [2.75, 3.05) is 33.4 Å². The quantitative estimate of drug-likeness (QED) is 0.373. The third kappa shape index (κ3) is 9.51. The third-order valence-electron chi connectivity index (χ3n) is 3.94. The molecule has 3 N–H and O–H groups in total. The van der Waals surface area contributed by atoms with Crippen LogP contribution < -0.4 is 20.1 Å². The van der Waals surface area contributed by atoms with Gasteiger partial charge in [-0.05, 0) is 59.2 Å². The van der Waals surface area contributed by atoms with Gasteiger partial charge in [0.2, 0.25) is 0 Å². The molecule has 0 amide bonds. The van der Waals surface area contributed by atoms with Gasteiger partial charge >= 0.3 is 0 Å². The van der Waals surface area contributed by atoms with Crippen LogP contribution in [0.5, 0.6) is 11.5 Å². The lowest BCUT2D eigenvalue weighted by atomic mass is 10.2. The zero-order valence-electron chi connectivity index (χ0n) is 16.2. The van der Waals surface area contributed by atoms with E-state index in [0.717, 1.165) is 29.5 Å². The maximum Gasteiger partial charge on any atom is 0.175 e. The molecule has 2 aromatic rings. The first-order valence-corrected chi connectivity index (χ1v) is 9.70. The third-order valence-corrected chi connectivity index (χ3v) is 4.53. The lowest BCUT2D eigenvalue weighted by Gasteiger charge is -2.15. The van der Waals surface area contributed by atoms with Gasteiger partial charge in [0.1, 0.15) is 12.4 Å². The number of aliphatic hydroxyl groups is 1. The Morgan fingerprint density at radius 2 is 1.79 bits per heavy atom. The van der Waals surface area contributed by atoms with Gasteiger partial charge in [-0.3, -0.25) is 0 Å². The zero-order valence-corrected chi connectivity index (χ0v) is 19.5. The summed E-state index contributed by atoms with van der Waals surface area (Å²) in [6, 6.07) is 10.4. The van der Waals surface area contributed by atoms with E-state index >= 15 is 0 Å². The number of halogens is 4. The summed E-state index contributed by atoms with van der Waals surface area (Å²) in [5.41, 5.74) is 1.55. The molecule has 0 spiro atoms. The smallest absolute Gasteiger partial charge is 0.175 e. The lowest BCUT2D eigenvalue weighted by molar-refractivity contribution is 0.277. The number of methoxy groups -OCH3 is 1. The van der Waals surface area contributed by atoms with Crippen LogP contribution in [-0.2, 0) is 13.2 Å². The molecule has 0 heterocycles. The SMILES string of the molecule is COc1cc(CNCCCNCCO)cc(Br)c1OCc1ccccc1F.Cl.Cl. The van der Waals surface area contributed by atoms with E-state index in [9.17, 15) is 4.39 Å². The van der Waals surface area contributed by atoms with Crippen molar-refractivity contribution in [3.8, 4) is 11.5 Å². The van der Waals surface area contributed by atoms with Gasteiger partial charge in [0, 0.05) is 18.7 Å². The van der Waals surface area contributed by atoms with Crippen molar-refractivity contribution in [2.24, 2.45) is 0 Å². The summed E-state index contributed by atoms with van der Waals surface area (Å²) in [6.07, 6.45) is 0.974. The van der Waals surface area contributed by atoms with Gasteiger partial charge in [0.25, 0.3) is 0 Å². The molecule has 29 heavy (non-hydrogen) atoms. The Labute approximate surface area is 192 Å². The molecule has 0 atom stereocenters. The van der Waals surface area contributed by atoms with E-state index in [1.807, 2.05) is 12.1 Å². The van der Waals surface area contributed by atoms with E-state index in [2.05, 4.69) is 26.6 Å². The summed E-state index contributed by atoms with van der Waals surface area (Å²) < 4.78 is 25.8. The number of rotatable bonds is 12. The normalized spacial score (nSPS) is 10.1. The molecular weight excluding hydrogens is 486 g/mol. The highest BCUT2D eigenvalue weighted by atomic mass is 79.9. The standard InChI is InChI=1S/C20H26BrFN2O3.2ClH/c1-26-19-12-15(13-24-8-4-7-23-9-10-25)11-17(21)20(19)27-14-16-5-2-3-6-18(16)22;;/h2-3,5-6,11-12,23-25H,4,7-10,13-14H2,1H3;2*1H. The molecule has 2 aromatic carbocycles. The molecule has 0 aliphatic carbocycles. The molecule has 0 aliphatic rings. The van der Waals surface area contributed by atoms with E-state index in [-0.39, 0.29) is 43.8 Å². The molecule has 9 heteroatoms. The second-order valence-electron chi connectivity index (χ2n) is 5.99. The van der Waals surface area contributed by atoms with Crippen LogP contribution in [0, 0.1) is 5.82 Å². The summed E-state index contributed by atoms with van der Waals surface area (Å²) in [7, 11) is 1.59. The van der Waals surface area contributed by atoms with Crippen molar-refractivity contribution >= 4 is 40.7 Å². The Balaban J connectivity index is 0.00000392. The molecule has 0 saturated carbocycles. The molecule has 0 unspecified atom stereocenters. The van der Waals surface area contributed by atoms with Crippen molar-refractivity contribution < 1.29 is 19.0 Å². The van der Waals surface area contributed by atoms with Crippen LogP contribution in [0.2, 0.25) is 0 Å². The number of benzene rings is 2. The van der Waals surface area contributed by atoms with Gasteiger partial charge < -0.3 is 25.2 Å². The summed E-state index contributed by atoms with van der Waals surface area (Å²) in [5.74, 6) is 0.863. The fraction of sp³-hybridized carbons (Fsp3) is 0.400. The molecule has 5 nitrogen and oxygen atoms in total. The number of ether oxygens (including phenoxy) is 2. The monoisotopic (exact) mass is 512 g/mol. The Morgan fingerprint density at radius 3 is 2.48 bits per heavy atom. The minimum absolute atomic E-state index is 0. The molecular formula is C20H28BrCl2FN2O3. The molecule has 0 aromatic heterocycles. The average Bonchev–Trinajstić information content (AvgIpc) is 2.67. The molecule has 2 rings (SSSR count). The number of aliphatic hydroxyl groups excluding tert-OH is 1. The highest BCUT2D eigenvalue weighted by Gasteiger charge is 2.13. The lowest BCUT2D eigenvalue weighted by Crippen LogP contribution is -2.23. The van der Waals surface area contributed by atoms with Crippen LogP contribution in [0.1, 0.15) is 17.5 Å². The zero-order chi connectivity index (χ0) is 19.5. The van der Waals surface area contributed by atoms with Gasteiger partial charge in [-0.15, -0.1) is 24.8 Å². The van der Waals surface area contributed by atoms with Gasteiger partial charge in [0.15, 0.2) is 11.5 Å². The fourth-order valence-electron chi connectivity index (χ4n) is 2.56. The van der Waals surface area contributed by atoms with Crippen molar-refractivity contribution in [1.82, 2.24) is 10.6 Å². The summed E-state index contributed by atoms with van der Waals surface area (Å²) in [4.78, 5) is 0. The number of hydrogen-bond donors (Lipinski definition) is 3. The highest BCUT2D eigenvalue weighted by Crippen LogP contribution is 2.37. The van der Waals surface area contributed by atoms with Crippen molar-refractivity contribution in [2.45, 2.75) is 19.6 Å². The first-order valence-electron chi connectivity index (χ1n) is 8.90. The van der Waals surface area contributed by atoms with Gasteiger partial charge in [-0.25, -0.2) is 4.39 Å². The van der Waals surface area contributed by atoms with Crippen LogP contribution in [-0.4, -0.2) is 38.5 Å². The van der Waals surface area contributed by atoms with E-state index in [4.69, 9.17) is 14.6 Å². The molecule has 0 radical (unpaired) electrons. The summed E-state index contributed by atoms with van der Waals surface area (Å²) in [5, 5.41) is 15.2. The minimum Gasteiger partial charge on any atom is -0.493 e. The van der Waals surface area contributed by atoms with Gasteiger partial charge in [0.05, 0.1) is 18.2 Å². The van der Waals surface area contributed by atoms with Crippen LogP contribution in [0.4, 0.5) is 4.39 Å². The van der Waals surface area contributed by atoms with Crippen LogP contribution in [0.3, 0.4) is 0 Å². The van der Waals surface area contributed by atoms with Crippen LogP contribution >= 0.6 is 40.7 Å². The average molecular weight is 514 g/mol. The Kier molecular flexibility index (Phi) is 15.1. The van der Waals surface area contributed by atoms with E-state index in [1.165, 1.54) is 6.07 Å². The summed E-state index contributed by atoms with van der Waals surface area (Å²) >= 11 is 3.52. The second kappa shape index (κ2) is 15.7. The van der Waals surface area contributed by atoms with Gasteiger partial charge in [-0.2, -0.15) is 0 Å². The minimum atomic E-state index is -0.290. The van der Waals surface area contributed by atoms with Crippen molar-refractivity contribution in [3.63, 3.8) is 0 Å². The highest BCUT2D eigenvalue weighted by molar-refractivity contribution is 9.10. The number of nitrogens with one attached hydrogen (secondary N) is 2.